The number of nitrogens with zero attached hydrogens (tertiary/aromatic N) is 2. The molecule has 5 nitrogen and oxygen atoms in total. The second-order valence-corrected chi connectivity index (χ2v) is 16.2. The van der Waals surface area contributed by atoms with Gasteiger partial charge in [-0.05, 0) is 77.7 Å². The van der Waals surface area contributed by atoms with Crippen LogP contribution in [0.15, 0.2) is 107 Å². The summed E-state index contributed by atoms with van der Waals surface area (Å²) in [5.41, 5.74) is 6.84. The summed E-state index contributed by atoms with van der Waals surface area (Å²) in [5.74, 6) is -0.275. The normalized spacial score (nSPS) is 18.2. The van der Waals surface area contributed by atoms with E-state index in [4.69, 9.17) is 0 Å². The van der Waals surface area contributed by atoms with Gasteiger partial charge in [-0.15, -0.1) is 0 Å². The third-order valence-electron chi connectivity index (χ3n) is 9.83. The number of halogens is 1. The molecule has 0 aliphatic carbocycles. The zero-order chi connectivity index (χ0) is 33.6. The summed E-state index contributed by atoms with van der Waals surface area (Å²) < 4.78 is 35.8. The van der Waals surface area contributed by atoms with Gasteiger partial charge in [0.2, 0.25) is 5.69 Å². The van der Waals surface area contributed by atoms with E-state index in [-0.39, 0.29) is 16.6 Å². The first-order valence-corrected chi connectivity index (χ1v) is 18.9. The van der Waals surface area contributed by atoms with Gasteiger partial charge in [-0.25, -0.2) is 0 Å². The average Bonchev–Trinajstić information content (AvgIpc) is 3.39. The molecule has 0 saturated carbocycles. The Hall–Kier alpha value is -3.52. The van der Waals surface area contributed by atoms with Crippen LogP contribution in [0.3, 0.4) is 0 Å². The van der Waals surface area contributed by atoms with Crippen molar-refractivity contribution in [2.75, 3.05) is 23.7 Å². The second kappa shape index (κ2) is 12.8. The molecule has 7 heteroatoms. The Bertz CT molecular complexity index is 2100. The number of hydrogen-bond donors (Lipinski definition) is 1. The topological polar surface area (TPSA) is 60.6 Å². The van der Waals surface area contributed by atoms with Crippen LogP contribution >= 0.6 is 15.9 Å². The zero-order valence-electron chi connectivity index (χ0n) is 27.9. The summed E-state index contributed by atoms with van der Waals surface area (Å²) in [6.45, 7) is 12.8. The van der Waals surface area contributed by atoms with E-state index in [9.17, 15) is 13.0 Å². The summed E-state index contributed by atoms with van der Waals surface area (Å²) >= 11 is 3.86. The molecule has 0 aromatic heterocycles. The Kier molecular flexibility index (Phi) is 9.11. The highest BCUT2D eigenvalue weighted by Crippen LogP contribution is 2.51. The summed E-state index contributed by atoms with van der Waals surface area (Å²) in [5, 5.41) is 4.95. The number of benzene rings is 4. The number of unbranched alkanes of at least 4 members (excludes halogenated alkanes) is 1. The predicted molar refractivity (Wildman–Crippen MR) is 201 cm³/mol. The third-order valence-corrected chi connectivity index (χ3v) is 11.2. The van der Waals surface area contributed by atoms with Gasteiger partial charge in [0.25, 0.3) is 10.1 Å². The van der Waals surface area contributed by atoms with Crippen molar-refractivity contribution in [2.24, 2.45) is 0 Å². The minimum atomic E-state index is -4.05. The van der Waals surface area contributed by atoms with Gasteiger partial charge in [-0.1, -0.05) is 97.7 Å². The van der Waals surface area contributed by atoms with Crippen molar-refractivity contribution in [3.63, 3.8) is 0 Å². The molecule has 47 heavy (non-hydrogen) atoms. The van der Waals surface area contributed by atoms with Crippen molar-refractivity contribution in [3.8, 4) is 0 Å². The van der Waals surface area contributed by atoms with Gasteiger partial charge < -0.3 is 4.90 Å². The summed E-state index contributed by atoms with van der Waals surface area (Å²) in [7, 11) is -4.05. The summed E-state index contributed by atoms with van der Waals surface area (Å²) in [6, 6.07) is 25.9. The quantitative estimate of drug-likeness (QED) is 0.101. The molecule has 6 rings (SSSR count). The van der Waals surface area contributed by atoms with Crippen LogP contribution in [0.2, 0.25) is 0 Å². The Morgan fingerprint density at radius 1 is 0.872 bits per heavy atom. The number of rotatable bonds is 10. The maximum Gasteiger partial charge on any atom is 0.265 e. The molecule has 0 radical (unpaired) electrons. The molecule has 0 atom stereocenters. The molecule has 2 aliphatic rings. The maximum absolute atomic E-state index is 11.6. The van der Waals surface area contributed by atoms with E-state index in [0.29, 0.717) is 13.0 Å². The fourth-order valence-electron chi connectivity index (χ4n) is 7.65. The first-order valence-electron chi connectivity index (χ1n) is 16.5. The average molecular weight is 713 g/mol. The molecular weight excluding hydrogens is 668 g/mol. The number of hydrogen-bond acceptors (Lipinski definition) is 3. The maximum atomic E-state index is 11.6. The van der Waals surface area contributed by atoms with Crippen LogP contribution in [0.5, 0.6) is 0 Å². The largest absolute Gasteiger partial charge is 0.344 e. The molecule has 244 valence electrons. The first-order chi connectivity index (χ1) is 22.3. The lowest BCUT2D eigenvalue weighted by atomic mass is 9.79. The van der Waals surface area contributed by atoms with Crippen LogP contribution in [-0.4, -0.2) is 42.1 Å². The fourth-order valence-corrected chi connectivity index (χ4v) is 8.40. The minimum Gasteiger partial charge on any atom is -0.344 e. The number of anilines is 1. The monoisotopic (exact) mass is 711 g/mol. The van der Waals surface area contributed by atoms with Crippen molar-refractivity contribution in [1.29, 1.82) is 0 Å². The number of allylic oxidation sites excluding steroid dienone is 6. The van der Waals surface area contributed by atoms with Crippen LogP contribution in [-0.2, 0) is 20.9 Å². The molecule has 0 bridgehead atoms. The summed E-state index contributed by atoms with van der Waals surface area (Å²) in [4.78, 5) is 2.50. The second-order valence-electron chi connectivity index (χ2n) is 13.7. The van der Waals surface area contributed by atoms with Crippen molar-refractivity contribution in [2.45, 2.75) is 64.7 Å². The van der Waals surface area contributed by atoms with E-state index in [2.05, 4.69) is 157 Å². The summed E-state index contributed by atoms with van der Waals surface area (Å²) in [6.07, 6.45) is 11.2. The molecule has 4 aromatic carbocycles. The standard InChI is InChI=1S/C40H43BrN2O3S/c1-6-7-25-42-33-21-17-28-13-8-10-15-31(28)37(33)39(2,3)35(42)23-19-30(41)20-24-36-40(4,5)38-32-16-11-9-14-29(32)18-22-34(38)43(36)26-12-27-47(44,45)46/h8-11,13-24H,6-7,12,25-27H2,1-5H3/p+1. The smallest absolute Gasteiger partial charge is 0.265 e. The lowest BCUT2D eigenvalue weighted by Gasteiger charge is -2.27. The van der Waals surface area contributed by atoms with Gasteiger partial charge in [-0.2, -0.15) is 13.0 Å². The van der Waals surface area contributed by atoms with Crippen LogP contribution in [0.25, 0.3) is 21.5 Å². The lowest BCUT2D eigenvalue weighted by molar-refractivity contribution is -0.437. The molecule has 4 aromatic rings. The lowest BCUT2D eigenvalue weighted by Crippen LogP contribution is -2.28. The molecule has 0 fully saturated rings. The Morgan fingerprint density at radius 3 is 2.17 bits per heavy atom. The molecule has 2 aliphatic heterocycles. The van der Waals surface area contributed by atoms with Gasteiger partial charge in [0, 0.05) is 52.0 Å². The SMILES string of the molecule is CCCCN1C(=CC=C(Br)C=CC2=[N+](CCCS(=O)(=O)O)c3ccc4ccccc4c3C2(C)C)C(C)(C)c2c1ccc1ccccc21. The molecule has 1 N–H and O–H groups in total. The first kappa shape index (κ1) is 33.4. The van der Waals surface area contributed by atoms with Gasteiger partial charge in [0.05, 0.1) is 11.2 Å². The Labute approximate surface area is 287 Å². The fraction of sp³-hybridized carbons (Fsp3) is 0.325. The highest BCUT2D eigenvalue weighted by atomic mass is 79.9. The van der Waals surface area contributed by atoms with Crippen LogP contribution in [0.4, 0.5) is 11.4 Å². The van der Waals surface area contributed by atoms with Gasteiger partial charge in [0.15, 0.2) is 5.71 Å². The highest BCUT2D eigenvalue weighted by molar-refractivity contribution is 9.11. The van der Waals surface area contributed by atoms with Crippen LogP contribution in [0.1, 0.15) is 65.0 Å². The van der Waals surface area contributed by atoms with Crippen molar-refractivity contribution in [3.05, 3.63) is 118 Å². The zero-order valence-corrected chi connectivity index (χ0v) is 30.3. The van der Waals surface area contributed by atoms with Gasteiger partial charge >= 0.3 is 0 Å². The van der Waals surface area contributed by atoms with Crippen molar-refractivity contribution < 1.29 is 17.5 Å². The number of fused-ring (bicyclic) bond motifs is 6. The van der Waals surface area contributed by atoms with Crippen molar-refractivity contribution >= 4 is 64.7 Å². The molecule has 0 amide bonds. The van der Waals surface area contributed by atoms with E-state index in [1.165, 1.54) is 44.1 Å². The van der Waals surface area contributed by atoms with Gasteiger partial charge in [0.1, 0.15) is 6.54 Å². The van der Waals surface area contributed by atoms with Gasteiger partial charge in [-0.3, -0.25) is 4.55 Å². The van der Waals surface area contributed by atoms with E-state index < -0.39 is 10.1 Å². The molecule has 0 saturated heterocycles. The highest BCUT2D eigenvalue weighted by Gasteiger charge is 2.45. The van der Waals surface area contributed by atoms with E-state index in [1.54, 1.807) is 0 Å². The Balaban J connectivity index is 1.38. The van der Waals surface area contributed by atoms with Crippen molar-refractivity contribution in [1.82, 2.24) is 0 Å². The third kappa shape index (κ3) is 6.26. The van der Waals surface area contributed by atoms with E-state index in [1.807, 2.05) is 0 Å². The van der Waals surface area contributed by atoms with Crippen LogP contribution in [0, 0.1) is 0 Å². The predicted octanol–water partition coefficient (Wildman–Crippen LogP) is 9.96. The van der Waals surface area contributed by atoms with Crippen LogP contribution < -0.4 is 4.90 Å². The molecule has 0 spiro atoms. The minimum absolute atomic E-state index is 0.174. The molecule has 2 heterocycles. The van der Waals surface area contributed by atoms with E-state index in [0.717, 1.165) is 35.3 Å². The molecular formula is C40H44BrN2O3S+. The van der Waals surface area contributed by atoms with E-state index >= 15 is 0 Å². The Morgan fingerprint density at radius 2 is 1.51 bits per heavy atom. The molecule has 0 unspecified atom stereocenters.